The molecule has 96 valence electrons. The van der Waals surface area contributed by atoms with Crippen molar-refractivity contribution in [1.29, 1.82) is 0 Å². The van der Waals surface area contributed by atoms with Gasteiger partial charge in [0.2, 0.25) is 0 Å². The summed E-state index contributed by atoms with van der Waals surface area (Å²) in [7, 11) is 0. The summed E-state index contributed by atoms with van der Waals surface area (Å²) >= 11 is 3.41. The highest BCUT2D eigenvalue weighted by Crippen LogP contribution is 2.18. The van der Waals surface area contributed by atoms with Crippen molar-refractivity contribution in [2.75, 3.05) is 5.32 Å². The third kappa shape index (κ3) is 2.46. The molecular formula is C14H13BrN4. The van der Waals surface area contributed by atoms with E-state index in [2.05, 4.69) is 50.3 Å². The van der Waals surface area contributed by atoms with Crippen LogP contribution in [0, 0.1) is 6.92 Å². The Morgan fingerprint density at radius 3 is 3.00 bits per heavy atom. The minimum absolute atomic E-state index is 0.735. The van der Waals surface area contributed by atoms with Crippen LogP contribution in [0.2, 0.25) is 0 Å². The summed E-state index contributed by atoms with van der Waals surface area (Å²) < 4.78 is 2.72. The molecule has 2 heterocycles. The average Bonchev–Trinajstić information content (AvgIpc) is 2.85. The second-order valence-corrected chi connectivity index (χ2v) is 5.16. The zero-order chi connectivity index (χ0) is 13.2. The number of nitrogens with zero attached hydrogens (tertiary/aromatic N) is 3. The quantitative estimate of drug-likeness (QED) is 0.805. The molecule has 0 bridgehead atoms. The second-order valence-electron chi connectivity index (χ2n) is 4.35. The molecule has 0 aliphatic heterocycles. The molecule has 1 N–H and O–H groups in total. The molecule has 4 nitrogen and oxygen atoms in total. The van der Waals surface area contributed by atoms with Crippen LogP contribution in [-0.4, -0.2) is 14.4 Å². The molecular weight excluding hydrogens is 304 g/mol. The Bertz CT molecular complexity index is 720. The molecule has 0 spiro atoms. The molecule has 1 aromatic carbocycles. The van der Waals surface area contributed by atoms with Crippen molar-refractivity contribution < 1.29 is 0 Å². The third-order valence-electron chi connectivity index (χ3n) is 3.05. The van der Waals surface area contributed by atoms with Gasteiger partial charge < -0.3 is 9.72 Å². The number of aryl methyl sites for hydroxylation is 1. The molecule has 3 rings (SSSR count). The van der Waals surface area contributed by atoms with Crippen LogP contribution < -0.4 is 5.32 Å². The largest absolute Gasteiger partial charge is 0.363 e. The molecule has 0 amide bonds. The highest BCUT2D eigenvalue weighted by Gasteiger charge is 2.06. The van der Waals surface area contributed by atoms with E-state index in [0.717, 1.165) is 22.6 Å². The third-order valence-corrected chi connectivity index (χ3v) is 3.43. The van der Waals surface area contributed by atoms with Crippen molar-refractivity contribution in [3.8, 4) is 0 Å². The summed E-state index contributed by atoms with van der Waals surface area (Å²) in [4.78, 5) is 8.75. The normalized spacial score (nSPS) is 10.8. The fourth-order valence-electron chi connectivity index (χ4n) is 2.01. The highest BCUT2D eigenvalue weighted by atomic mass is 79.9. The Morgan fingerprint density at radius 2 is 2.16 bits per heavy atom. The van der Waals surface area contributed by atoms with Crippen LogP contribution in [0.4, 0.5) is 5.82 Å². The number of hydrogen-bond donors (Lipinski definition) is 1. The molecule has 0 atom stereocenters. The molecule has 2 aromatic heterocycles. The Kier molecular flexibility index (Phi) is 3.21. The first-order valence-corrected chi connectivity index (χ1v) is 6.81. The van der Waals surface area contributed by atoms with Gasteiger partial charge >= 0.3 is 0 Å². The van der Waals surface area contributed by atoms with Gasteiger partial charge in [0.1, 0.15) is 4.60 Å². The van der Waals surface area contributed by atoms with Gasteiger partial charge in [-0.2, -0.15) is 0 Å². The van der Waals surface area contributed by atoms with Crippen LogP contribution in [0.25, 0.3) is 5.65 Å². The second kappa shape index (κ2) is 5.01. The van der Waals surface area contributed by atoms with Crippen LogP contribution in [0.5, 0.6) is 0 Å². The molecule has 5 heteroatoms. The maximum atomic E-state index is 4.44. The number of halogens is 1. The molecule has 0 aliphatic rings. The van der Waals surface area contributed by atoms with E-state index in [1.54, 1.807) is 6.20 Å². The minimum Gasteiger partial charge on any atom is -0.363 e. The van der Waals surface area contributed by atoms with Crippen molar-refractivity contribution in [2.45, 2.75) is 13.5 Å². The van der Waals surface area contributed by atoms with E-state index in [0.29, 0.717) is 0 Å². The van der Waals surface area contributed by atoms with Crippen LogP contribution >= 0.6 is 15.9 Å². The summed E-state index contributed by atoms with van der Waals surface area (Å²) in [6.07, 6.45) is 5.56. The lowest BCUT2D eigenvalue weighted by Gasteiger charge is -2.09. The molecule has 0 aliphatic carbocycles. The molecule has 0 fully saturated rings. The number of anilines is 1. The standard InChI is InChI=1S/C14H13BrN4/c1-10-4-2-3-5-11(10)8-17-13-14-16-6-7-19(14)9-12(15)18-13/h2-7,9H,8H2,1H3,(H,17,18). The fraction of sp³-hybridized carbons (Fsp3) is 0.143. The van der Waals surface area contributed by atoms with E-state index in [-0.39, 0.29) is 0 Å². The molecule has 0 radical (unpaired) electrons. The predicted molar refractivity (Wildman–Crippen MR) is 79.2 cm³/mol. The van der Waals surface area contributed by atoms with Gasteiger partial charge in [-0.15, -0.1) is 0 Å². The Hall–Kier alpha value is -1.88. The Balaban J connectivity index is 1.90. The molecule has 0 unspecified atom stereocenters. The molecule has 3 aromatic rings. The van der Waals surface area contributed by atoms with E-state index in [9.17, 15) is 0 Å². The van der Waals surface area contributed by atoms with E-state index >= 15 is 0 Å². The molecule has 19 heavy (non-hydrogen) atoms. The van der Waals surface area contributed by atoms with E-state index < -0.39 is 0 Å². The predicted octanol–water partition coefficient (Wildman–Crippen LogP) is 3.41. The van der Waals surface area contributed by atoms with Gasteiger partial charge in [-0.05, 0) is 34.0 Å². The van der Waals surface area contributed by atoms with Gasteiger partial charge in [0.15, 0.2) is 11.5 Å². The van der Waals surface area contributed by atoms with Gasteiger partial charge in [0.25, 0.3) is 0 Å². The van der Waals surface area contributed by atoms with Crippen molar-refractivity contribution in [3.05, 3.63) is 58.6 Å². The maximum absolute atomic E-state index is 4.44. The van der Waals surface area contributed by atoms with E-state index in [1.165, 1.54) is 11.1 Å². The first-order valence-electron chi connectivity index (χ1n) is 6.01. The summed E-state index contributed by atoms with van der Waals surface area (Å²) in [6.45, 7) is 2.84. The van der Waals surface area contributed by atoms with Crippen molar-refractivity contribution in [3.63, 3.8) is 0 Å². The van der Waals surface area contributed by atoms with Crippen LogP contribution in [0.3, 0.4) is 0 Å². The van der Waals surface area contributed by atoms with Crippen molar-refractivity contribution >= 4 is 27.4 Å². The lowest BCUT2D eigenvalue weighted by Crippen LogP contribution is -2.05. The number of rotatable bonds is 3. The number of hydrogen-bond acceptors (Lipinski definition) is 3. The van der Waals surface area contributed by atoms with Crippen LogP contribution in [0.15, 0.2) is 47.5 Å². The topological polar surface area (TPSA) is 42.2 Å². The number of fused-ring (bicyclic) bond motifs is 1. The highest BCUT2D eigenvalue weighted by molar-refractivity contribution is 9.10. The summed E-state index contributed by atoms with van der Waals surface area (Å²) in [5.74, 6) is 0.780. The van der Waals surface area contributed by atoms with Gasteiger partial charge in [0.05, 0.1) is 0 Å². The van der Waals surface area contributed by atoms with Crippen molar-refractivity contribution in [1.82, 2.24) is 14.4 Å². The maximum Gasteiger partial charge on any atom is 0.180 e. The zero-order valence-corrected chi connectivity index (χ0v) is 12.1. The summed E-state index contributed by atoms with van der Waals surface area (Å²) in [5.41, 5.74) is 3.36. The fourth-order valence-corrected chi connectivity index (χ4v) is 2.40. The SMILES string of the molecule is Cc1ccccc1CNc1nc(Br)cn2ccnc12. The van der Waals surface area contributed by atoms with Crippen LogP contribution in [0.1, 0.15) is 11.1 Å². The number of benzene rings is 1. The lowest BCUT2D eigenvalue weighted by atomic mass is 10.1. The van der Waals surface area contributed by atoms with Gasteiger partial charge in [-0.25, -0.2) is 9.97 Å². The zero-order valence-electron chi connectivity index (χ0n) is 10.5. The van der Waals surface area contributed by atoms with E-state index in [1.807, 2.05) is 28.9 Å². The Morgan fingerprint density at radius 1 is 1.32 bits per heavy atom. The molecule has 0 saturated heterocycles. The Labute approximate surface area is 119 Å². The summed E-state index contributed by atoms with van der Waals surface area (Å²) in [5, 5.41) is 3.35. The minimum atomic E-state index is 0.735. The van der Waals surface area contributed by atoms with Gasteiger partial charge in [-0.1, -0.05) is 24.3 Å². The lowest BCUT2D eigenvalue weighted by molar-refractivity contribution is 1.05. The van der Waals surface area contributed by atoms with Crippen molar-refractivity contribution in [2.24, 2.45) is 0 Å². The monoisotopic (exact) mass is 316 g/mol. The first-order chi connectivity index (χ1) is 9.24. The first kappa shape index (κ1) is 12.2. The van der Waals surface area contributed by atoms with Crippen LogP contribution in [-0.2, 0) is 6.54 Å². The molecule has 0 saturated carbocycles. The number of nitrogens with one attached hydrogen (secondary N) is 1. The van der Waals surface area contributed by atoms with E-state index in [4.69, 9.17) is 0 Å². The van der Waals surface area contributed by atoms with Gasteiger partial charge in [-0.3, -0.25) is 0 Å². The number of imidazole rings is 1. The average molecular weight is 317 g/mol. The smallest absolute Gasteiger partial charge is 0.180 e. The van der Waals surface area contributed by atoms with Gasteiger partial charge in [0, 0.05) is 25.1 Å². The number of aromatic nitrogens is 3. The summed E-state index contributed by atoms with van der Waals surface area (Å²) in [6, 6.07) is 8.31.